The molecule has 27 heavy (non-hydrogen) atoms. The standard InChI is InChI=1S/C17H13Cl4N3O3/c1-24(27)8-11(16(25)22-14-4-2-9(18)6-12(14)20)17(26)23-15-5-3-10(19)7-13(15)21/h2-8,27H,1H3,(H,22,25)(H,23,26). The average Bonchev–Trinajstić information content (AvgIpc) is 2.57. The number of carbonyl (C=O) groups is 2. The Kier molecular flexibility index (Phi) is 7.35. The first kappa shape index (κ1) is 21.3. The highest BCUT2D eigenvalue weighted by Gasteiger charge is 2.21. The normalized spacial score (nSPS) is 10.1. The fourth-order valence-corrected chi connectivity index (χ4v) is 2.88. The molecule has 2 rings (SSSR count). The van der Waals surface area contributed by atoms with Crippen LogP contribution >= 0.6 is 46.4 Å². The van der Waals surface area contributed by atoms with E-state index in [0.717, 1.165) is 6.20 Å². The van der Waals surface area contributed by atoms with Crippen molar-refractivity contribution >= 4 is 69.6 Å². The highest BCUT2D eigenvalue weighted by Crippen LogP contribution is 2.27. The van der Waals surface area contributed by atoms with Crippen molar-refractivity contribution in [2.24, 2.45) is 0 Å². The lowest BCUT2D eigenvalue weighted by Crippen LogP contribution is -2.27. The number of nitrogens with one attached hydrogen (secondary N) is 2. The Morgan fingerprint density at radius 2 is 1.30 bits per heavy atom. The maximum Gasteiger partial charge on any atom is 0.262 e. The molecule has 0 aliphatic carbocycles. The molecule has 3 N–H and O–H groups in total. The lowest BCUT2D eigenvalue weighted by molar-refractivity contribution is -0.119. The van der Waals surface area contributed by atoms with Crippen LogP contribution in [0.4, 0.5) is 11.4 Å². The summed E-state index contributed by atoms with van der Waals surface area (Å²) in [7, 11) is 1.24. The molecule has 0 spiro atoms. The number of hydrogen-bond donors (Lipinski definition) is 3. The Morgan fingerprint density at radius 3 is 1.63 bits per heavy atom. The highest BCUT2D eigenvalue weighted by molar-refractivity contribution is 6.38. The summed E-state index contributed by atoms with van der Waals surface area (Å²) in [6.07, 6.45) is 0.943. The zero-order valence-corrected chi connectivity index (χ0v) is 16.8. The maximum atomic E-state index is 12.5. The Balaban J connectivity index is 2.25. The van der Waals surface area contributed by atoms with E-state index in [-0.39, 0.29) is 21.4 Å². The molecule has 0 aromatic heterocycles. The molecule has 2 aromatic carbocycles. The largest absolute Gasteiger partial charge is 0.320 e. The number of carbonyl (C=O) groups excluding carboxylic acids is 2. The van der Waals surface area contributed by atoms with Gasteiger partial charge in [0.15, 0.2) is 0 Å². The van der Waals surface area contributed by atoms with Crippen LogP contribution in [-0.2, 0) is 9.59 Å². The van der Waals surface area contributed by atoms with Crippen molar-refractivity contribution in [3.05, 3.63) is 68.3 Å². The summed E-state index contributed by atoms with van der Waals surface area (Å²) in [4.78, 5) is 25.1. The van der Waals surface area contributed by atoms with E-state index in [9.17, 15) is 14.8 Å². The minimum absolute atomic E-state index is 0.189. The molecule has 0 atom stereocenters. The van der Waals surface area contributed by atoms with Gasteiger partial charge >= 0.3 is 0 Å². The monoisotopic (exact) mass is 447 g/mol. The number of amides is 2. The second-order valence-electron chi connectivity index (χ2n) is 5.27. The van der Waals surface area contributed by atoms with Crippen molar-refractivity contribution < 1.29 is 14.8 Å². The topological polar surface area (TPSA) is 81.7 Å². The minimum atomic E-state index is -0.803. The summed E-state index contributed by atoms with van der Waals surface area (Å²) in [6.45, 7) is 0. The average molecular weight is 449 g/mol. The summed E-state index contributed by atoms with van der Waals surface area (Å²) < 4.78 is 0. The summed E-state index contributed by atoms with van der Waals surface area (Å²) in [6, 6.07) is 8.89. The number of nitrogens with zero attached hydrogens (tertiary/aromatic N) is 1. The van der Waals surface area contributed by atoms with E-state index in [4.69, 9.17) is 46.4 Å². The highest BCUT2D eigenvalue weighted by atomic mass is 35.5. The van der Waals surface area contributed by atoms with E-state index < -0.39 is 17.4 Å². The van der Waals surface area contributed by atoms with Crippen LogP contribution in [-0.4, -0.2) is 29.1 Å². The molecule has 0 saturated heterocycles. The van der Waals surface area contributed by atoms with Gasteiger partial charge in [-0.25, -0.2) is 0 Å². The molecule has 2 aromatic rings. The predicted octanol–water partition coefficient (Wildman–Crippen LogP) is 5.08. The van der Waals surface area contributed by atoms with E-state index >= 15 is 0 Å². The summed E-state index contributed by atoms with van der Waals surface area (Å²) in [5, 5.41) is 16.1. The van der Waals surface area contributed by atoms with Gasteiger partial charge in [-0.05, 0) is 36.4 Å². The van der Waals surface area contributed by atoms with E-state index in [1.807, 2.05) is 0 Å². The molecule has 0 bridgehead atoms. The SMILES string of the molecule is CN(O)C=C(C(=O)Nc1ccc(Cl)cc1Cl)C(=O)Nc1ccc(Cl)cc1Cl. The summed E-state index contributed by atoms with van der Waals surface area (Å²) in [5.74, 6) is -1.61. The van der Waals surface area contributed by atoms with Gasteiger partial charge in [0, 0.05) is 23.3 Å². The molecule has 10 heteroatoms. The molecule has 6 nitrogen and oxygen atoms in total. The zero-order chi connectivity index (χ0) is 20.1. The molecule has 0 unspecified atom stereocenters. The summed E-state index contributed by atoms with van der Waals surface area (Å²) in [5.41, 5.74) is 0.0989. The number of hydrogen-bond acceptors (Lipinski definition) is 4. The first-order chi connectivity index (χ1) is 12.7. The van der Waals surface area contributed by atoms with Gasteiger partial charge in [0.25, 0.3) is 11.8 Å². The van der Waals surface area contributed by atoms with Gasteiger partial charge in [0.1, 0.15) is 5.57 Å². The van der Waals surface area contributed by atoms with Crippen molar-refractivity contribution in [3.63, 3.8) is 0 Å². The lowest BCUT2D eigenvalue weighted by atomic mass is 10.2. The molecule has 0 radical (unpaired) electrons. The van der Waals surface area contributed by atoms with Crippen LogP contribution < -0.4 is 10.6 Å². The molecule has 0 aliphatic heterocycles. The Labute approximate surface area is 175 Å². The van der Waals surface area contributed by atoms with Crippen LogP contribution in [0.25, 0.3) is 0 Å². The number of hydroxylamine groups is 2. The minimum Gasteiger partial charge on any atom is -0.320 e. The van der Waals surface area contributed by atoms with Crippen molar-refractivity contribution in [2.75, 3.05) is 17.7 Å². The van der Waals surface area contributed by atoms with Crippen LogP contribution in [0.1, 0.15) is 0 Å². The van der Waals surface area contributed by atoms with Gasteiger partial charge in [-0.2, -0.15) is 0 Å². The van der Waals surface area contributed by atoms with Gasteiger partial charge in [-0.15, -0.1) is 0 Å². The molecule has 142 valence electrons. The number of anilines is 2. The Hall–Kier alpha value is -1.96. The molecule has 0 fully saturated rings. The first-order valence-electron chi connectivity index (χ1n) is 7.33. The third kappa shape index (κ3) is 6.02. The third-order valence-corrected chi connectivity index (χ3v) is 4.26. The molecule has 2 amide bonds. The molecule has 0 aliphatic rings. The Morgan fingerprint density at radius 1 is 0.889 bits per heavy atom. The first-order valence-corrected chi connectivity index (χ1v) is 8.85. The van der Waals surface area contributed by atoms with Crippen LogP contribution in [0, 0.1) is 0 Å². The maximum absolute atomic E-state index is 12.5. The van der Waals surface area contributed by atoms with Crippen LogP contribution in [0.15, 0.2) is 48.2 Å². The van der Waals surface area contributed by atoms with E-state index in [1.54, 1.807) is 0 Å². The van der Waals surface area contributed by atoms with E-state index in [2.05, 4.69) is 10.6 Å². The van der Waals surface area contributed by atoms with Gasteiger partial charge in [-0.1, -0.05) is 46.4 Å². The smallest absolute Gasteiger partial charge is 0.262 e. The van der Waals surface area contributed by atoms with Gasteiger partial charge in [0.2, 0.25) is 0 Å². The fourth-order valence-electron chi connectivity index (χ4n) is 1.97. The van der Waals surface area contributed by atoms with E-state index in [1.165, 1.54) is 43.4 Å². The van der Waals surface area contributed by atoms with Crippen LogP contribution in [0.5, 0.6) is 0 Å². The molecular weight excluding hydrogens is 436 g/mol. The number of halogens is 4. The predicted molar refractivity (Wildman–Crippen MR) is 108 cm³/mol. The van der Waals surface area contributed by atoms with Gasteiger partial charge < -0.3 is 10.6 Å². The van der Waals surface area contributed by atoms with Crippen molar-refractivity contribution in [1.29, 1.82) is 0 Å². The Bertz CT molecular complexity index is 849. The zero-order valence-electron chi connectivity index (χ0n) is 13.8. The quantitative estimate of drug-likeness (QED) is 0.257. The van der Waals surface area contributed by atoms with E-state index in [0.29, 0.717) is 15.1 Å². The molecule has 0 saturated carbocycles. The molecule has 0 heterocycles. The van der Waals surface area contributed by atoms with Crippen LogP contribution in [0.2, 0.25) is 20.1 Å². The molecular formula is C17H13Cl4N3O3. The van der Waals surface area contributed by atoms with Gasteiger partial charge in [0.05, 0.1) is 21.4 Å². The van der Waals surface area contributed by atoms with Gasteiger partial charge in [-0.3, -0.25) is 19.9 Å². The van der Waals surface area contributed by atoms with Crippen molar-refractivity contribution in [3.8, 4) is 0 Å². The fraction of sp³-hybridized carbons (Fsp3) is 0.0588. The third-order valence-electron chi connectivity index (χ3n) is 3.16. The van der Waals surface area contributed by atoms with Crippen LogP contribution in [0.3, 0.4) is 0 Å². The number of rotatable bonds is 5. The van der Waals surface area contributed by atoms with Crippen molar-refractivity contribution in [2.45, 2.75) is 0 Å². The number of benzene rings is 2. The second-order valence-corrected chi connectivity index (χ2v) is 6.96. The lowest BCUT2D eigenvalue weighted by Gasteiger charge is -2.13. The summed E-state index contributed by atoms with van der Waals surface area (Å²) >= 11 is 23.7. The second kappa shape index (κ2) is 9.30. The van der Waals surface area contributed by atoms with Crippen molar-refractivity contribution in [1.82, 2.24) is 5.06 Å².